The van der Waals surface area contributed by atoms with Crippen molar-refractivity contribution < 1.29 is 9.32 Å². The van der Waals surface area contributed by atoms with Crippen LogP contribution in [-0.4, -0.2) is 33.0 Å². The maximum absolute atomic E-state index is 12.7. The van der Waals surface area contributed by atoms with E-state index >= 15 is 0 Å². The topological polar surface area (TPSA) is 59.2 Å². The molecule has 0 unspecified atom stereocenters. The lowest BCUT2D eigenvalue weighted by Crippen LogP contribution is -2.40. The van der Waals surface area contributed by atoms with Gasteiger partial charge in [0.05, 0.1) is 4.88 Å². The van der Waals surface area contributed by atoms with Crippen molar-refractivity contribution in [3.63, 3.8) is 0 Å². The van der Waals surface area contributed by atoms with Crippen molar-refractivity contribution >= 4 is 17.2 Å². The molecule has 0 saturated heterocycles. The number of aromatic nitrogens is 2. The molecule has 122 valence electrons. The minimum atomic E-state index is 0.260. The summed E-state index contributed by atoms with van der Waals surface area (Å²) >= 11 is 1.59. The molecule has 2 fully saturated rings. The van der Waals surface area contributed by atoms with Gasteiger partial charge in [-0.3, -0.25) is 4.79 Å². The highest BCUT2D eigenvalue weighted by Gasteiger charge is 2.38. The molecule has 6 heteroatoms. The molecule has 2 aromatic rings. The Balaban J connectivity index is 1.37. The highest BCUT2D eigenvalue weighted by molar-refractivity contribution is 7.13. The van der Waals surface area contributed by atoms with Gasteiger partial charge >= 0.3 is 0 Å². The van der Waals surface area contributed by atoms with E-state index in [4.69, 9.17) is 4.52 Å². The third-order valence-electron chi connectivity index (χ3n) is 4.71. The van der Waals surface area contributed by atoms with Gasteiger partial charge in [-0.05, 0) is 37.1 Å². The van der Waals surface area contributed by atoms with E-state index in [1.807, 2.05) is 17.5 Å². The second-order valence-corrected chi connectivity index (χ2v) is 7.41. The summed E-state index contributed by atoms with van der Waals surface area (Å²) in [5.74, 6) is 1.44. The first kappa shape index (κ1) is 14.9. The predicted octanol–water partition coefficient (Wildman–Crippen LogP) is 3.66. The van der Waals surface area contributed by atoms with Crippen LogP contribution in [0.5, 0.6) is 0 Å². The SMILES string of the molecule is O=C(CCc1nc(-c2cccs2)no1)N(C1CCCC1)C1CC1. The lowest BCUT2D eigenvalue weighted by atomic mass is 10.1. The van der Waals surface area contributed by atoms with E-state index in [0.717, 1.165) is 4.88 Å². The van der Waals surface area contributed by atoms with Gasteiger partial charge in [0.2, 0.25) is 17.6 Å². The van der Waals surface area contributed by atoms with Gasteiger partial charge in [-0.1, -0.05) is 24.1 Å². The molecule has 0 bridgehead atoms. The van der Waals surface area contributed by atoms with Crippen LogP contribution in [0, 0.1) is 0 Å². The van der Waals surface area contributed by atoms with Crippen LogP contribution in [0.2, 0.25) is 0 Å². The molecule has 2 aliphatic rings. The Bertz CT molecular complexity index is 657. The predicted molar refractivity (Wildman–Crippen MR) is 88.1 cm³/mol. The van der Waals surface area contributed by atoms with E-state index in [0.29, 0.717) is 36.6 Å². The average molecular weight is 331 g/mol. The largest absolute Gasteiger partial charge is 0.339 e. The van der Waals surface area contributed by atoms with Crippen LogP contribution in [0.25, 0.3) is 10.7 Å². The highest BCUT2D eigenvalue weighted by atomic mass is 32.1. The number of rotatable bonds is 6. The summed E-state index contributed by atoms with van der Waals surface area (Å²) in [7, 11) is 0. The summed E-state index contributed by atoms with van der Waals surface area (Å²) in [5, 5.41) is 6.00. The Morgan fingerprint density at radius 1 is 1.26 bits per heavy atom. The van der Waals surface area contributed by atoms with E-state index in [9.17, 15) is 4.79 Å². The molecule has 0 aliphatic heterocycles. The van der Waals surface area contributed by atoms with Gasteiger partial charge < -0.3 is 9.42 Å². The standard InChI is InChI=1S/C17H21N3O2S/c21-16(20(13-7-8-13)12-4-1-2-5-12)10-9-15-18-17(19-22-15)14-6-3-11-23-14/h3,6,11-13H,1-2,4-5,7-10H2. The quantitative estimate of drug-likeness (QED) is 0.810. The first-order valence-corrected chi connectivity index (χ1v) is 9.37. The fourth-order valence-electron chi connectivity index (χ4n) is 3.45. The Morgan fingerprint density at radius 3 is 2.74 bits per heavy atom. The third-order valence-corrected chi connectivity index (χ3v) is 5.57. The highest BCUT2D eigenvalue weighted by Crippen LogP contribution is 2.35. The number of carbonyl (C=O) groups is 1. The lowest BCUT2D eigenvalue weighted by molar-refractivity contribution is -0.134. The van der Waals surface area contributed by atoms with Crippen molar-refractivity contribution in [1.29, 1.82) is 0 Å². The molecule has 1 amide bonds. The fraction of sp³-hybridized carbons (Fsp3) is 0.588. The summed E-state index contributed by atoms with van der Waals surface area (Å²) in [6.07, 6.45) is 8.21. The molecule has 0 atom stereocenters. The van der Waals surface area contributed by atoms with E-state index in [1.165, 1.54) is 38.5 Å². The molecule has 5 nitrogen and oxygen atoms in total. The summed E-state index contributed by atoms with van der Waals surface area (Å²) in [4.78, 5) is 20.2. The molecular formula is C17H21N3O2S. The number of carbonyl (C=O) groups excluding carboxylic acids is 1. The Hall–Kier alpha value is -1.69. The average Bonchev–Trinajstić information content (AvgIpc) is 3.05. The number of hydrogen-bond donors (Lipinski definition) is 0. The zero-order valence-electron chi connectivity index (χ0n) is 13.1. The van der Waals surface area contributed by atoms with Crippen LogP contribution in [0.4, 0.5) is 0 Å². The summed E-state index contributed by atoms with van der Waals surface area (Å²) < 4.78 is 5.29. The van der Waals surface area contributed by atoms with Crippen molar-refractivity contribution in [2.24, 2.45) is 0 Å². The van der Waals surface area contributed by atoms with Gasteiger partial charge in [-0.25, -0.2) is 0 Å². The number of hydrogen-bond acceptors (Lipinski definition) is 5. The van der Waals surface area contributed by atoms with Gasteiger partial charge in [-0.2, -0.15) is 4.98 Å². The minimum absolute atomic E-state index is 0.260. The Kier molecular flexibility index (Phi) is 4.16. The van der Waals surface area contributed by atoms with E-state index in [2.05, 4.69) is 15.0 Å². The third kappa shape index (κ3) is 3.32. The number of aryl methyl sites for hydroxylation is 1. The van der Waals surface area contributed by atoms with Crippen molar-refractivity contribution in [2.45, 2.75) is 63.5 Å². The smallest absolute Gasteiger partial charge is 0.227 e. The van der Waals surface area contributed by atoms with Gasteiger partial charge in [0, 0.05) is 24.9 Å². The maximum atomic E-state index is 12.7. The molecule has 2 aliphatic carbocycles. The van der Waals surface area contributed by atoms with Crippen molar-refractivity contribution in [3.05, 3.63) is 23.4 Å². The summed E-state index contributed by atoms with van der Waals surface area (Å²) in [5.41, 5.74) is 0. The molecule has 2 aromatic heterocycles. The number of thiophene rings is 1. The van der Waals surface area contributed by atoms with Crippen LogP contribution >= 0.6 is 11.3 Å². The zero-order chi connectivity index (χ0) is 15.6. The van der Waals surface area contributed by atoms with Gasteiger partial charge in [0.1, 0.15) is 0 Å². The van der Waals surface area contributed by atoms with Crippen molar-refractivity contribution in [3.8, 4) is 10.7 Å². The Labute approximate surface area is 139 Å². The normalized spacial score (nSPS) is 18.4. The minimum Gasteiger partial charge on any atom is -0.339 e. The van der Waals surface area contributed by atoms with Gasteiger partial charge in [0.25, 0.3) is 0 Å². The molecule has 0 radical (unpaired) electrons. The number of amides is 1. The van der Waals surface area contributed by atoms with Crippen molar-refractivity contribution in [1.82, 2.24) is 15.0 Å². The van der Waals surface area contributed by atoms with Crippen LogP contribution in [0.15, 0.2) is 22.0 Å². The molecular weight excluding hydrogens is 310 g/mol. The second kappa shape index (κ2) is 6.43. The second-order valence-electron chi connectivity index (χ2n) is 6.46. The van der Waals surface area contributed by atoms with Gasteiger partial charge in [0.15, 0.2) is 0 Å². The molecule has 0 spiro atoms. The van der Waals surface area contributed by atoms with Crippen LogP contribution in [-0.2, 0) is 11.2 Å². The van der Waals surface area contributed by atoms with E-state index < -0.39 is 0 Å². The maximum Gasteiger partial charge on any atom is 0.227 e. The van der Waals surface area contributed by atoms with Crippen LogP contribution in [0.3, 0.4) is 0 Å². The number of nitrogens with zero attached hydrogens (tertiary/aromatic N) is 3. The summed E-state index contributed by atoms with van der Waals surface area (Å²) in [6.45, 7) is 0. The Morgan fingerprint density at radius 2 is 2.04 bits per heavy atom. The lowest BCUT2D eigenvalue weighted by Gasteiger charge is -2.29. The van der Waals surface area contributed by atoms with E-state index in [-0.39, 0.29) is 5.91 Å². The molecule has 4 rings (SSSR count). The van der Waals surface area contributed by atoms with Gasteiger partial charge in [-0.15, -0.1) is 11.3 Å². The molecule has 23 heavy (non-hydrogen) atoms. The van der Waals surface area contributed by atoms with Crippen LogP contribution in [0.1, 0.15) is 50.8 Å². The molecule has 2 saturated carbocycles. The monoisotopic (exact) mass is 331 g/mol. The summed E-state index contributed by atoms with van der Waals surface area (Å²) in [6, 6.07) is 4.91. The first-order valence-electron chi connectivity index (χ1n) is 8.49. The van der Waals surface area contributed by atoms with E-state index in [1.54, 1.807) is 11.3 Å². The molecule has 2 heterocycles. The molecule has 0 aromatic carbocycles. The van der Waals surface area contributed by atoms with Crippen molar-refractivity contribution in [2.75, 3.05) is 0 Å². The molecule has 0 N–H and O–H groups in total. The zero-order valence-corrected chi connectivity index (χ0v) is 13.9. The van der Waals surface area contributed by atoms with Crippen LogP contribution < -0.4 is 0 Å². The fourth-order valence-corrected chi connectivity index (χ4v) is 4.09. The first-order chi connectivity index (χ1) is 11.3.